The Balaban J connectivity index is 2.15. The fraction of sp³-hybridized carbons (Fsp3) is 0.217. The minimum atomic E-state index is -0.540. The summed E-state index contributed by atoms with van der Waals surface area (Å²) in [4.78, 5) is 27.6. The molecule has 0 spiro atoms. The Hall–Kier alpha value is -3.06. The number of methoxy groups -OCH3 is 2. The van der Waals surface area contributed by atoms with E-state index in [9.17, 15) is 9.59 Å². The lowest BCUT2D eigenvalue weighted by Gasteiger charge is -2.18. The van der Waals surface area contributed by atoms with E-state index in [2.05, 4.69) is 15.9 Å². The van der Waals surface area contributed by atoms with E-state index in [1.165, 1.54) is 12.0 Å². The van der Waals surface area contributed by atoms with Crippen LogP contribution in [0.3, 0.4) is 0 Å². The quantitative estimate of drug-likeness (QED) is 0.449. The zero-order valence-electron chi connectivity index (χ0n) is 17.2. The van der Waals surface area contributed by atoms with Crippen LogP contribution in [0.25, 0.3) is 6.08 Å². The van der Waals surface area contributed by atoms with Gasteiger partial charge in [0, 0.05) is 27.5 Å². The summed E-state index contributed by atoms with van der Waals surface area (Å²) in [6.07, 6.45) is 1.65. The third-order valence-electron chi connectivity index (χ3n) is 4.70. The highest BCUT2D eigenvalue weighted by Crippen LogP contribution is 2.37. The monoisotopic (exact) mass is 471 g/mol. The van der Waals surface area contributed by atoms with Crippen molar-refractivity contribution in [2.45, 2.75) is 13.8 Å². The molecule has 0 saturated heterocycles. The van der Waals surface area contributed by atoms with Gasteiger partial charge in [0.25, 0.3) is 5.91 Å². The van der Waals surface area contributed by atoms with Crippen molar-refractivity contribution in [1.29, 1.82) is 0 Å². The van der Waals surface area contributed by atoms with Crippen molar-refractivity contribution in [1.82, 2.24) is 0 Å². The lowest BCUT2D eigenvalue weighted by molar-refractivity contribution is -0.138. The number of hydrogen-bond acceptors (Lipinski definition) is 5. The summed E-state index contributed by atoms with van der Waals surface area (Å²) in [6.45, 7) is 3.67. The zero-order valence-corrected chi connectivity index (χ0v) is 18.8. The van der Waals surface area contributed by atoms with Gasteiger partial charge in [-0.15, -0.1) is 0 Å². The number of nitrogens with zero attached hydrogens (tertiary/aromatic N) is 1. The van der Waals surface area contributed by atoms with Gasteiger partial charge in [-0.05, 0) is 56.3 Å². The van der Waals surface area contributed by atoms with Crippen molar-refractivity contribution in [3.8, 4) is 11.5 Å². The fourth-order valence-electron chi connectivity index (χ4n) is 3.28. The van der Waals surface area contributed by atoms with E-state index >= 15 is 0 Å². The molecule has 0 saturated carbocycles. The minimum Gasteiger partial charge on any atom is -0.497 e. The molecule has 0 fully saturated rings. The topological polar surface area (TPSA) is 65.1 Å². The smallest absolute Gasteiger partial charge is 0.340 e. The van der Waals surface area contributed by atoms with Gasteiger partial charge in [-0.25, -0.2) is 4.79 Å². The first-order valence-corrected chi connectivity index (χ1v) is 10.1. The Morgan fingerprint density at radius 2 is 1.80 bits per heavy atom. The molecule has 0 aliphatic carbocycles. The summed E-state index contributed by atoms with van der Waals surface area (Å²) in [5.41, 5.74) is 2.31. The summed E-state index contributed by atoms with van der Waals surface area (Å²) < 4.78 is 16.8. The maximum atomic E-state index is 13.4. The van der Waals surface area contributed by atoms with E-state index in [0.29, 0.717) is 28.4 Å². The molecule has 1 amide bonds. The number of amides is 1. The lowest BCUT2D eigenvalue weighted by atomic mass is 10.0. The van der Waals surface area contributed by atoms with Gasteiger partial charge < -0.3 is 14.2 Å². The molecule has 0 unspecified atom stereocenters. The van der Waals surface area contributed by atoms with Crippen molar-refractivity contribution < 1.29 is 23.8 Å². The molecule has 6 nitrogen and oxygen atoms in total. The zero-order chi connectivity index (χ0) is 21.8. The van der Waals surface area contributed by atoms with E-state index in [4.69, 9.17) is 14.2 Å². The second kappa shape index (κ2) is 9.17. The predicted octanol–water partition coefficient (Wildman–Crippen LogP) is 4.73. The number of rotatable bonds is 6. The van der Waals surface area contributed by atoms with Gasteiger partial charge in [-0.1, -0.05) is 15.9 Å². The van der Waals surface area contributed by atoms with Gasteiger partial charge in [0.05, 0.1) is 32.0 Å². The number of hydrogen-bond donors (Lipinski definition) is 0. The molecule has 3 rings (SSSR count). The van der Waals surface area contributed by atoms with Crippen molar-refractivity contribution in [2.24, 2.45) is 0 Å². The molecule has 7 heteroatoms. The summed E-state index contributed by atoms with van der Waals surface area (Å²) in [6, 6.07) is 12.6. The number of benzene rings is 2. The summed E-state index contributed by atoms with van der Waals surface area (Å²) in [5, 5.41) is 0. The highest BCUT2D eigenvalue weighted by molar-refractivity contribution is 9.10. The molecule has 0 N–H and O–H groups in total. The van der Waals surface area contributed by atoms with Crippen LogP contribution < -0.4 is 14.4 Å². The van der Waals surface area contributed by atoms with Gasteiger partial charge >= 0.3 is 5.97 Å². The summed E-state index contributed by atoms with van der Waals surface area (Å²) in [7, 11) is 3.10. The third kappa shape index (κ3) is 4.11. The van der Waals surface area contributed by atoms with E-state index in [1.807, 2.05) is 24.3 Å². The van der Waals surface area contributed by atoms with Crippen LogP contribution in [0, 0.1) is 0 Å². The Labute approximate surface area is 183 Å². The largest absolute Gasteiger partial charge is 0.497 e. The first-order chi connectivity index (χ1) is 14.4. The molecule has 0 radical (unpaired) electrons. The van der Waals surface area contributed by atoms with Gasteiger partial charge in [0.15, 0.2) is 0 Å². The molecule has 0 bridgehead atoms. The Morgan fingerprint density at radius 1 is 1.10 bits per heavy atom. The second-order valence-electron chi connectivity index (χ2n) is 6.46. The number of esters is 1. The number of anilines is 1. The van der Waals surface area contributed by atoms with Crippen molar-refractivity contribution in [3.05, 3.63) is 69.3 Å². The molecule has 1 aliphatic heterocycles. The van der Waals surface area contributed by atoms with Crippen LogP contribution in [0.4, 0.5) is 5.69 Å². The fourth-order valence-corrected chi connectivity index (χ4v) is 3.54. The molecule has 2 aromatic rings. The van der Waals surface area contributed by atoms with Crippen LogP contribution in [0.2, 0.25) is 0 Å². The first-order valence-electron chi connectivity index (χ1n) is 9.33. The van der Waals surface area contributed by atoms with Crippen LogP contribution >= 0.6 is 15.9 Å². The SMILES string of the molecule is CCOC(=O)C1=C(C)N(c2ccc(Br)cc2)C(=O)/C1=C\c1ccc(OC)cc1OC. The molecule has 30 heavy (non-hydrogen) atoms. The summed E-state index contributed by atoms with van der Waals surface area (Å²) in [5.74, 6) is 0.301. The summed E-state index contributed by atoms with van der Waals surface area (Å²) >= 11 is 3.40. The molecule has 1 heterocycles. The normalized spacial score (nSPS) is 15.0. The van der Waals surface area contributed by atoms with Crippen LogP contribution in [0.15, 0.2) is 63.8 Å². The highest BCUT2D eigenvalue weighted by Gasteiger charge is 2.38. The van der Waals surface area contributed by atoms with E-state index in [0.717, 1.165) is 4.47 Å². The Kier molecular flexibility index (Phi) is 6.62. The lowest BCUT2D eigenvalue weighted by Crippen LogP contribution is -2.24. The van der Waals surface area contributed by atoms with Crippen molar-refractivity contribution in [2.75, 3.05) is 25.7 Å². The van der Waals surface area contributed by atoms with Crippen LogP contribution in [-0.2, 0) is 14.3 Å². The molecule has 0 aromatic heterocycles. The molecule has 1 aliphatic rings. The van der Waals surface area contributed by atoms with E-state index in [1.54, 1.807) is 45.2 Å². The van der Waals surface area contributed by atoms with Crippen LogP contribution in [0.5, 0.6) is 11.5 Å². The molecular formula is C23H22BrNO5. The van der Waals surface area contributed by atoms with Gasteiger partial charge in [0.1, 0.15) is 11.5 Å². The van der Waals surface area contributed by atoms with Gasteiger partial charge in [-0.2, -0.15) is 0 Å². The number of ether oxygens (including phenoxy) is 3. The third-order valence-corrected chi connectivity index (χ3v) is 5.23. The Bertz CT molecular complexity index is 1040. The average Bonchev–Trinajstić information content (AvgIpc) is 2.99. The van der Waals surface area contributed by atoms with Crippen LogP contribution in [0.1, 0.15) is 19.4 Å². The number of halogens is 1. The van der Waals surface area contributed by atoms with Crippen LogP contribution in [-0.4, -0.2) is 32.7 Å². The van der Waals surface area contributed by atoms with Crippen molar-refractivity contribution in [3.63, 3.8) is 0 Å². The predicted molar refractivity (Wildman–Crippen MR) is 118 cm³/mol. The maximum Gasteiger partial charge on any atom is 0.340 e. The van der Waals surface area contributed by atoms with E-state index < -0.39 is 5.97 Å². The Morgan fingerprint density at radius 3 is 2.40 bits per heavy atom. The average molecular weight is 472 g/mol. The highest BCUT2D eigenvalue weighted by atomic mass is 79.9. The van der Waals surface area contributed by atoms with Gasteiger partial charge in [0.2, 0.25) is 0 Å². The van der Waals surface area contributed by atoms with Gasteiger partial charge in [-0.3, -0.25) is 9.69 Å². The van der Waals surface area contributed by atoms with E-state index in [-0.39, 0.29) is 23.7 Å². The molecular weight excluding hydrogens is 450 g/mol. The number of carbonyl (C=O) groups excluding carboxylic acids is 2. The van der Waals surface area contributed by atoms with Crippen molar-refractivity contribution >= 4 is 39.6 Å². The maximum absolute atomic E-state index is 13.4. The standard InChI is InChI=1S/C23H22BrNO5/c1-5-30-23(27)21-14(2)25(17-9-7-16(24)8-10-17)22(26)19(21)12-15-6-11-18(28-3)13-20(15)29-4/h6-13H,5H2,1-4H3/b19-12-. The molecule has 156 valence electrons. The second-order valence-corrected chi connectivity index (χ2v) is 7.38. The number of carbonyl (C=O) groups is 2. The number of allylic oxidation sites excluding steroid dienone is 1. The first kappa shape index (κ1) is 21.6. The minimum absolute atomic E-state index is 0.210. The molecule has 2 aromatic carbocycles. The molecule has 0 atom stereocenters.